The predicted molar refractivity (Wildman–Crippen MR) is 127 cm³/mol. The number of phenols is 2. The number of aromatic nitrogens is 3. The summed E-state index contributed by atoms with van der Waals surface area (Å²) in [6.45, 7) is 0. The third-order valence-electron chi connectivity index (χ3n) is 4.51. The van der Waals surface area contributed by atoms with Gasteiger partial charge in [0.1, 0.15) is 0 Å². The molecule has 0 amide bonds. The van der Waals surface area contributed by atoms with Gasteiger partial charge in [0, 0.05) is 16.6 Å². The summed E-state index contributed by atoms with van der Waals surface area (Å²) in [5.41, 5.74) is 1.87. The van der Waals surface area contributed by atoms with Crippen molar-refractivity contribution in [2.45, 2.75) is 4.90 Å². The molecule has 2 heterocycles. The van der Waals surface area contributed by atoms with Crippen LogP contribution in [0.15, 0.2) is 58.8 Å². The van der Waals surface area contributed by atoms with Crippen LogP contribution < -0.4 is 19.5 Å². The second kappa shape index (κ2) is 9.41. The van der Waals surface area contributed by atoms with Crippen molar-refractivity contribution in [1.29, 1.82) is 0 Å². The van der Waals surface area contributed by atoms with E-state index in [1.165, 1.54) is 55.9 Å². The lowest BCUT2D eigenvalue weighted by atomic mass is 10.1. The molecule has 0 unspecified atom stereocenters. The molecule has 0 aliphatic rings. The van der Waals surface area contributed by atoms with Crippen molar-refractivity contribution in [2.24, 2.45) is 0 Å². The van der Waals surface area contributed by atoms with E-state index in [1.54, 1.807) is 23.6 Å². The Morgan fingerprint density at radius 2 is 1.56 bits per heavy atom. The molecular formula is C21H19N5O6S2. The summed E-state index contributed by atoms with van der Waals surface area (Å²) < 4.78 is 37.8. The molecule has 34 heavy (non-hydrogen) atoms. The van der Waals surface area contributed by atoms with Crippen LogP contribution in [0, 0.1) is 0 Å². The molecule has 0 saturated carbocycles. The molecule has 2 aromatic heterocycles. The Hall–Kier alpha value is -4.10. The number of sulfonamides is 1. The fraction of sp³-hybridized carbons (Fsp3) is 0.0952. The molecule has 4 rings (SSSR count). The van der Waals surface area contributed by atoms with Gasteiger partial charge in [-0.2, -0.15) is 9.97 Å². The van der Waals surface area contributed by atoms with Crippen LogP contribution in [0.4, 0.5) is 16.8 Å². The molecule has 2 aromatic carbocycles. The minimum absolute atomic E-state index is 0.00262. The van der Waals surface area contributed by atoms with Gasteiger partial charge < -0.3 is 25.0 Å². The van der Waals surface area contributed by atoms with E-state index >= 15 is 0 Å². The number of phenolic OH excluding ortho intramolecular Hbond substituents is 2. The van der Waals surface area contributed by atoms with Crippen LogP contribution in [0.3, 0.4) is 0 Å². The van der Waals surface area contributed by atoms with Gasteiger partial charge >= 0.3 is 0 Å². The first kappa shape index (κ1) is 23.1. The normalized spacial score (nSPS) is 11.1. The van der Waals surface area contributed by atoms with Gasteiger partial charge in [-0.25, -0.2) is 18.1 Å². The monoisotopic (exact) mass is 501 g/mol. The van der Waals surface area contributed by atoms with Crippen LogP contribution >= 0.6 is 11.3 Å². The smallest absolute Gasteiger partial charge is 0.264 e. The summed E-state index contributed by atoms with van der Waals surface area (Å²) in [6.07, 6.45) is 0. The first-order chi connectivity index (χ1) is 16.3. The summed E-state index contributed by atoms with van der Waals surface area (Å²) in [5.74, 6) is -0.333. The molecule has 4 aromatic rings. The van der Waals surface area contributed by atoms with Gasteiger partial charge in [0.05, 0.1) is 30.9 Å². The molecule has 0 spiro atoms. The van der Waals surface area contributed by atoms with Gasteiger partial charge in [0.2, 0.25) is 17.7 Å². The molecule has 176 valence electrons. The van der Waals surface area contributed by atoms with Crippen molar-refractivity contribution in [1.82, 2.24) is 15.0 Å². The summed E-state index contributed by atoms with van der Waals surface area (Å²) in [6, 6.07) is 11.9. The van der Waals surface area contributed by atoms with Crippen molar-refractivity contribution in [3.05, 3.63) is 53.9 Å². The largest absolute Gasteiger partial charge is 0.504 e. The fourth-order valence-electron chi connectivity index (χ4n) is 2.83. The molecule has 0 fully saturated rings. The highest BCUT2D eigenvalue weighted by molar-refractivity contribution is 7.92. The van der Waals surface area contributed by atoms with Crippen molar-refractivity contribution in [3.8, 4) is 34.5 Å². The van der Waals surface area contributed by atoms with Crippen LogP contribution in [0.1, 0.15) is 0 Å². The number of hydrogen-bond donors (Lipinski definition) is 4. The van der Waals surface area contributed by atoms with Crippen LogP contribution in [-0.4, -0.2) is 47.8 Å². The Morgan fingerprint density at radius 3 is 2.18 bits per heavy atom. The molecule has 4 N–H and O–H groups in total. The van der Waals surface area contributed by atoms with E-state index in [2.05, 4.69) is 25.0 Å². The van der Waals surface area contributed by atoms with Gasteiger partial charge in [-0.05, 0) is 42.5 Å². The number of benzene rings is 2. The molecule has 0 aliphatic carbocycles. The topological polar surface area (TPSA) is 156 Å². The highest BCUT2D eigenvalue weighted by atomic mass is 32.2. The Kier molecular flexibility index (Phi) is 6.38. The van der Waals surface area contributed by atoms with Crippen LogP contribution in [0.5, 0.6) is 23.3 Å². The Balaban J connectivity index is 1.48. The Labute approximate surface area is 198 Å². The number of rotatable bonds is 8. The fourth-order valence-corrected chi connectivity index (χ4v) is 4.51. The zero-order valence-electron chi connectivity index (χ0n) is 17.9. The predicted octanol–water partition coefficient (Wildman–Crippen LogP) is 3.57. The SMILES string of the molecule is COc1cc(OC)nc(NS(=O)(=O)c2ccc(Nc3nc(-c4ccc(O)c(O)c4)cs3)cc2)n1. The molecular weight excluding hydrogens is 482 g/mol. The zero-order chi connectivity index (χ0) is 24.3. The zero-order valence-corrected chi connectivity index (χ0v) is 19.5. The first-order valence-corrected chi connectivity index (χ1v) is 12.0. The third kappa shape index (κ3) is 5.10. The van der Waals surface area contributed by atoms with Crippen molar-refractivity contribution in [3.63, 3.8) is 0 Å². The van der Waals surface area contributed by atoms with E-state index in [9.17, 15) is 18.6 Å². The van der Waals surface area contributed by atoms with Crippen LogP contribution in [0.2, 0.25) is 0 Å². The number of aromatic hydroxyl groups is 2. The maximum absolute atomic E-state index is 12.7. The number of ether oxygens (including phenoxy) is 2. The Morgan fingerprint density at radius 1 is 0.882 bits per heavy atom. The van der Waals surface area contributed by atoms with E-state index in [1.807, 2.05) is 0 Å². The quantitative estimate of drug-likeness (QED) is 0.263. The van der Waals surface area contributed by atoms with E-state index in [0.717, 1.165) is 0 Å². The molecule has 0 atom stereocenters. The van der Waals surface area contributed by atoms with E-state index in [0.29, 0.717) is 22.1 Å². The third-order valence-corrected chi connectivity index (χ3v) is 6.62. The second-order valence-electron chi connectivity index (χ2n) is 6.77. The number of hydrogen-bond acceptors (Lipinski definition) is 11. The van der Waals surface area contributed by atoms with Gasteiger partial charge in [-0.3, -0.25) is 0 Å². The standard InChI is InChI=1S/C21H19N5O6S2/c1-31-18-10-19(32-2)25-20(24-18)26-34(29,30)14-6-4-13(5-7-14)22-21-23-15(11-33-21)12-3-8-16(27)17(28)9-12/h3-11,27-28H,1-2H3,(H,22,23)(H,24,25,26). The average Bonchev–Trinajstić information content (AvgIpc) is 3.29. The number of methoxy groups -OCH3 is 2. The highest BCUT2D eigenvalue weighted by Gasteiger charge is 2.17. The molecule has 0 bridgehead atoms. The summed E-state index contributed by atoms with van der Waals surface area (Å²) in [7, 11) is -1.17. The summed E-state index contributed by atoms with van der Waals surface area (Å²) in [5, 5.41) is 24.6. The number of thiazole rings is 1. The van der Waals surface area contributed by atoms with Gasteiger partial charge in [0.15, 0.2) is 16.6 Å². The van der Waals surface area contributed by atoms with Gasteiger partial charge in [-0.1, -0.05) is 0 Å². The van der Waals surface area contributed by atoms with E-state index in [-0.39, 0.29) is 34.1 Å². The second-order valence-corrected chi connectivity index (χ2v) is 9.31. The van der Waals surface area contributed by atoms with Crippen LogP contribution in [-0.2, 0) is 10.0 Å². The molecule has 11 nitrogen and oxygen atoms in total. The number of nitrogens with one attached hydrogen (secondary N) is 2. The number of anilines is 3. The van der Waals surface area contributed by atoms with E-state index in [4.69, 9.17) is 9.47 Å². The molecule has 0 saturated heterocycles. The summed E-state index contributed by atoms with van der Waals surface area (Å²) in [4.78, 5) is 12.4. The highest BCUT2D eigenvalue weighted by Crippen LogP contribution is 2.33. The van der Waals surface area contributed by atoms with E-state index < -0.39 is 10.0 Å². The maximum atomic E-state index is 12.7. The average molecular weight is 502 g/mol. The lowest BCUT2D eigenvalue weighted by Gasteiger charge is -2.10. The van der Waals surface area contributed by atoms with Gasteiger partial charge in [-0.15, -0.1) is 11.3 Å². The van der Waals surface area contributed by atoms with Crippen molar-refractivity contribution >= 4 is 38.1 Å². The molecule has 0 aliphatic heterocycles. The first-order valence-electron chi connectivity index (χ1n) is 9.62. The lowest BCUT2D eigenvalue weighted by molar-refractivity contribution is 0.373. The maximum Gasteiger partial charge on any atom is 0.264 e. The minimum Gasteiger partial charge on any atom is -0.504 e. The minimum atomic E-state index is -3.96. The molecule has 13 heteroatoms. The lowest BCUT2D eigenvalue weighted by Crippen LogP contribution is -2.15. The van der Waals surface area contributed by atoms with Crippen molar-refractivity contribution < 1.29 is 28.1 Å². The summed E-state index contributed by atoms with van der Waals surface area (Å²) >= 11 is 1.33. The van der Waals surface area contributed by atoms with Crippen LogP contribution in [0.25, 0.3) is 11.3 Å². The van der Waals surface area contributed by atoms with Crippen molar-refractivity contribution in [2.75, 3.05) is 24.3 Å². The molecule has 0 radical (unpaired) electrons. The Bertz CT molecular complexity index is 1400. The number of nitrogens with zero attached hydrogens (tertiary/aromatic N) is 3. The van der Waals surface area contributed by atoms with Gasteiger partial charge in [0.25, 0.3) is 10.0 Å².